The molecule has 152 valence electrons. The van der Waals surface area contributed by atoms with Crippen LogP contribution in [0.15, 0.2) is 79.0 Å². The average Bonchev–Trinajstić information content (AvgIpc) is 3.15. The molecule has 4 aromatic rings. The van der Waals surface area contributed by atoms with Crippen molar-refractivity contribution < 1.29 is 9.53 Å². The quantitative estimate of drug-likeness (QED) is 0.433. The molecular formula is C24H24N4O2. The van der Waals surface area contributed by atoms with Crippen LogP contribution in [0.1, 0.15) is 22.7 Å². The van der Waals surface area contributed by atoms with Gasteiger partial charge in [0.05, 0.1) is 17.6 Å². The van der Waals surface area contributed by atoms with Gasteiger partial charge >= 0.3 is 0 Å². The van der Waals surface area contributed by atoms with Crippen LogP contribution in [-0.4, -0.2) is 33.6 Å². The second-order valence-electron chi connectivity index (χ2n) is 6.90. The van der Waals surface area contributed by atoms with E-state index in [-0.39, 0.29) is 5.91 Å². The van der Waals surface area contributed by atoms with E-state index >= 15 is 0 Å². The zero-order valence-corrected chi connectivity index (χ0v) is 16.7. The normalized spacial score (nSPS) is 10.8. The molecule has 0 unspecified atom stereocenters. The number of hydrogen-bond donors (Lipinski definition) is 1. The van der Waals surface area contributed by atoms with Crippen molar-refractivity contribution >= 4 is 16.9 Å². The maximum atomic E-state index is 12.2. The average molecular weight is 400 g/mol. The van der Waals surface area contributed by atoms with Crippen molar-refractivity contribution in [2.24, 2.45) is 0 Å². The number of aromatic nitrogens is 3. The summed E-state index contributed by atoms with van der Waals surface area (Å²) in [6.07, 6.45) is 3.13. The molecule has 0 saturated heterocycles. The first-order chi connectivity index (χ1) is 14.8. The highest BCUT2D eigenvalue weighted by atomic mass is 16.5. The van der Waals surface area contributed by atoms with Gasteiger partial charge in [-0.1, -0.05) is 36.4 Å². The van der Waals surface area contributed by atoms with Crippen LogP contribution < -0.4 is 10.1 Å². The summed E-state index contributed by atoms with van der Waals surface area (Å²) in [5, 5.41) is 2.93. The molecule has 6 nitrogen and oxygen atoms in total. The van der Waals surface area contributed by atoms with Gasteiger partial charge in [-0.15, -0.1) is 0 Å². The van der Waals surface area contributed by atoms with Gasteiger partial charge in [0.2, 0.25) is 0 Å². The molecule has 2 aromatic heterocycles. The van der Waals surface area contributed by atoms with Gasteiger partial charge in [-0.25, -0.2) is 4.98 Å². The van der Waals surface area contributed by atoms with E-state index in [1.54, 1.807) is 24.4 Å². The van der Waals surface area contributed by atoms with Gasteiger partial charge in [0.1, 0.15) is 17.3 Å². The monoisotopic (exact) mass is 400 g/mol. The molecule has 6 heteroatoms. The number of pyridine rings is 1. The number of amides is 1. The Bertz CT molecular complexity index is 1090. The van der Waals surface area contributed by atoms with Gasteiger partial charge < -0.3 is 14.6 Å². The maximum Gasteiger partial charge on any atom is 0.269 e. The first kappa shape index (κ1) is 19.6. The highest BCUT2D eigenvalue weighted by molar-refractivity contribution is 5.92. The van der Waals surface area contributed by atoms with Crippen molar-refractivity contribution in [2.75, 3.05) is 13.2 Å². The Morgan fingerprint density at radius 3 is 2.60 bits per heavy atom. The van der Waals surface area contributed by atoms with Gasteiger partial charge in [0.15, 0.2) is 0 Å². The number of nitrogens with zero attached hydrogens (tertiary/aromatic N) is 3. The standard InChI is InChI=1S/C24H24N4O2/c29-24(21-12-6-7-15-25-21)26-16-14-23-27-20-11-4-5-13-22(20)28(23)17-8-18-30-19-9-2-1-3-10-19/h1-7,9-13,15H,8,14,16-18H2,(H,26,29). The fraction of sp³-hybridized carbons (Fsp3) is 0.208. The van der Waals surface area contributed by atoms with Crippen LogP contribution in [-0.2, 0) is 13.0 Å². The zero-order chi connectivity index (χ0) is 20.6. The predicted octanol–water partition coefficient (Wildman–Crippen LogP) is 3.87. The molecule has 0 aliphatic rings. The molecule has 0 aliphatic carbocycles. The van der Waals surface area contributed by atoms with E-state index in [1.165, 1.54) is 0 Å². The number of ether oxygens (including phenoxy) is 1. The molecule has 0 bridgehead atoms. The smallest absolute Gasteiger partial charge is 0.269 e. The zero-order valence-electron chi connectivity index (χ0n) is 16.7. The number of imidazole rings is 1. The number of carbonyl (C=O) groups is 1. The lowest BCUT2D eigenvalue weighted by molar-refractivity contribution is 0.0949. The van der Waals surface area contributed by atoms with Crippen molar-refractivity contribution in [2.45, 2.75) is 19.4 Å². The highest BCUT2D eigenvalue weighted by Gasteiger charge is 2.11. The minimum absolute atomic E-state index is 0.172. The Labute approximate surface area is 175 Å². The Morgan fingerprint density at radius 1 is 0.967 bits per heavy atom. The summed E-state index contributed by atoms with van der Waals surface area (Å²) in [7, 11) is 0. The predicted molar refractivity (Wildman–Crippen MR) is 117 cm³/mol. The van der Waals surface area contributed by atoms with E-state index < -0.39 is 0 Å². The van der Waals surface area contributed by atoms with E-state index in [0.717, 1.165) is 35.6 Å². The third kappa shape index (κ3) is 4.84. The van der Waals surface area contributed by atoms with Crippen LogP contribution in [0, 0.1) is 0 Å². The molecule has 30 heavy (non-hydrogen) atoms. The molecule has 0 saturated carbocycles. The number of hydrogen-bond acceptors (Lipinski definition) is 4. The Kier molecular flexibility index (Phi) is 6.35. The SMILES string of the molecule is O=C(NCCc1nc2ccccc2n1CCCOc1ccccc1)c1ccccn1. The van der Waals surface area contributed by atoms with E-state index in [4.69, 9.17) is 9.72 Å². The second kappa shape index (κ2) is 9.69. The molecule has 1 N–H and O–H groups in total. The largest absolute Gasteiger partial charge is 0.494 e. The minimum atomic E-state index is -0.172. The van der Waals surface area contributed by atoms with Gasteiger partial charge in [-0.3, -0.25) is 9.78 Å². The fourth-order valence-corrected chi connectivity index (χ4v) is 3.37. The summed E-state index contributed by atoms with van der Waals surface area (Å²) < 4.78 is 8.04. The summed E-state index contributed by atoms with van der Waals surface area (Å²) in [5.74, 6) is 1.66. The number of para-hydroxylation sites is 3. The third-order valence-electron chi connectivity index (χ3n) is 4.80. The number of aryl methyl sites for hydroxylation is 1. The van der Waals surface area contributed by atoms with E-state index in [1.807, 2.05) is 48.5 Å². The van der Waals surface area contributed by atoms with Crippen molar-refractivity contribution in [1.82, 2.24) is 19.9 Å². The van der Waals surface area contributed by atoms with Gasteiger partial charge in [-0.2, -0.15) is 0 Å². The molecule has 0 fully saturated rings. The number of rotatable bonds is 9. The van der Waals surface area contributed by atoms with Crippen LogP contribution in [0.3, 0.4) is 0 Å². The molecule has 4 rings (SSSR count). The van der Waals surface area contributed by atoms with Gasteiger partial charge in [-0.05, 0) is 42.8 Å². The van der Waals surface area contributed by atoms with Crippen LogP contribution in [0.25, 0.3) is 11.0 Å². The van der Waals surface area contributed by atoms with Crippen LogP contribution in [0.5, 0.6) is 5.75 Å². The summed E-state index contributed by atoms with van der Waals surface area (Å²) in [6, 6.07) is 23.2. The van der Waals surface area contributed by atoms with Gasteiger partial charge in [0, 0.05) is 25.7 Å². The number of carbonyl (C=O) groups excluding carboxylic acids is 1. The number of nitrogens with one attached hydrogen (secondary N) is 1. The topological polar surface area (TPSA) is 69.0 Å². The van der Waals surface area contributed by atoms with E-state index in [2.05, 4.69) is 20.9 Å². The summed E-state index contributed by atoms with van der Waals surface area (Å²) in [5.41, 5.74) is 2.49. The summed E-state index contributed by atoms with van der Waals surface area (Å²) in [4.78, 5) is 21.1. The fourth-order valence-electron chi connectivity index (χ4n) is 3.37. The maximum absolute atomic E-state index is 12.2. The second-order valence-corrected chi connectivity index (χ2v) is 6.90. The van der Waals surface area contributed by atoms with Gasteiger partial charge in [0.25, 0.3) is 5.91 Å². The number of benzene rings is 2. The first-order valence-electron chi connectivity index (χ1n) is 10.1. The lowest BCUT2D eigenvalue weighted by Gasteiger charge is -2.11. The Balaban J connectivity index is 1.38. The molecule has 0 aliphatic heterocycles. The number of fused-ring (bicyclic) bond motifs is 1. The molecular weight excluding hydrogens is 376 g/mol. The van der Waals surface area contributed by atoms with E-state index in [9.17, 15) is 4.79 Å². The lowest BCUT2D eigenvalue weighted by Crippen LogP contribution is -2.27. The highest BCUT2D eigenvalue weighted by Crippen LogP contribution is 2.17. The first-order valence-corrected chi connectivity index (χ1v) is 10.1. The third-order valence-corrected chi connectivity index (χ3v) is 4.80. The Hall–Kier alpha value is -3.67. The minimum Gasteiger partial charge on any atom is -0.494 e. The Morgan fingerprint density at radius 2 is 1.77 bits per heavy atom. The lowest BCUT2D eigenvalue weighted by atomic mass is 10.3. The molecule has 2 aromatic carbocycles. The van der Waals surface area contributed by atoms with Crippen LogP contribution in [0.2, 0.25) is 0 Å². The molecule has 2 heterocycles. The summed E-state index contributed by atoms with van der Waals surface area (Å²) in [6.45, 7) is 1.93. The van der Waals surface area contributed by atoms with Crippen molar-refractivity contribution in [3.05, 3.63) is 90.5 Å². The van der Waals surface area contributed by atoms with Crippen molar-refractivity contribution in [3.8, 4) is 5.75 Å². The van der Waals surface area contributed by atoms with E-state index in [0.29, 0.717) is 25.3 Å². The molecule has 0 spiro atoms. The molecule has 1 amide bonds. The summed E-state index contributed by atoms with van der Waals surface area (Å²) >= 11 is 0. The van der Waals surface area contributed by atoms with Crippen molar-refractivity contribution in [3.63, 3.8) is 0 Å². The molecule has 0 radical (unpaired) electrons. The van der Waals surface area contributed by atoms with Crippen LogP contribution >= 0.6 is 0 Å². The molecule has 0 atom stereocenters. The van der Waals surface area contributed by atoms with Crippen molar-refractivity contribution in [1.29, 1.82) is 0 Å². The van der Waals surface area contributed by atoms with Crippen LogP contribution in [0.4, 0.5) is 0 Å².